The van der Waals surface area contributed by atoms with E-state index >= 15 is 0 Å². The second-order valence-electron chi connectivity index (χ2n) is 5.13. The van der Waals surface area contributed by atoms with E-state index in [0.29, 0.717) is 23.6 Å². The number of benzene rings is 2. The average Bonchev–Trinajstić information content (AvgIpc) is 2.55. The molecule has 0 heterocycles. The molecular formula is C18H21NO3. The van der Waals surface area contributed by atoms with Gasteiger partial charge in [-0.25, -0.2) is 0 Å². The van der Waals surface area contributed by atoms with Gasteiger partial charge in [-0.15, -0.1) is 0 Å². The molecule has 1 N–H and O–H groups in total. The summed E-state index contributed by atoms with van der Waals surface area (Å²) in [5.41, 5.74) is 1.85. The lowest BCUT2D eigenvalue weighted by Crippen LogP contribution is -2.14. The Hall–Kier alpha value is -2.49. The summed E-state index contributed by atoms with van der Waals surface area (Å²) >= 11 is 0. The number of amides is 1. The van der Waals surface area contributed by atoms with Crippen LogP contribution in [0.1, 0.15) is 24.8 Å². The summed E-state index contributed by atoms with van der Waals surface area (Å²) in [4.78, 5) is 12.2. The number of carbonyl (C=O) groups excluding carboxylic acids is 1. The number of hydrogen-bond donors (Lipinski definition) is 1. The van der Waals surface area contributed by atoms with E-state index in [1.165, 1.54) is 0 Å². The third-order valence-corrected chi connectivity index (χ3v) is 3.53. The number of nitrogens with one attached hydrogen (secondary N) is 1. The van der Waals surface area contributed by atoms with E-state index < -0.39 is 0 Å². The quantitative estimate of drug-likeness (QED) is 0.881. The maximum absolute atomic E-state index is 12.2. The Morgan fingerprint density at radius 3 is 2.36 bits per heavy atom. The molecule has 0 bridgehead atoms. The average molecular weight is 299 g/mol. The van der Waals surface area contributed by atoms with E-state index in [1.54, 1.807) is 32.4 Å². The number of anilines is 1. The van der Waals surface area contributed by atoms with Gasteiger partial charge in [-0.2, -0.15) is 0 Å². The minimum absolute atomic E-state index is 0.0245. The van der Waals surface area contributed by atoms with Crippen LogP contribution in [0.25, 0.3) is 0 Å². The van der Waals surface area contributed by atoms with Crippen molar-refractivity contribution >= 4 is 11.6 Å². The Morgan fingerprint density at radius 1 is 1.05 bits per heavy atom. The second kappa shape index (κ2) is 7.50. The molecule has 0 saturated carbocycles. The zero-order chi connectivity index (χ0) is 15.9. The van der Waals surface area contributed by atoms with Crippen LogP contribution in [0.5, 0.6) is 11.5 Å². The van der Waals surface area contributed by atoms with Crippen LogP contribution in [0.2, 0.25) is 0 Å². The second-order valence-corrected chi connectivity index (χ2v) is 5.13. The van der Waals surface area contributed by atoms with Crippen LogP contribution in [0, 0.1) is 0 Å². The standard InChI is InChI=1S/C18H21NO3/c1-13(14-7-5-4-6-8-14)11-18(20)19-15-9-10-16(21-2)17(12-15)22-3/h4-10,12-13H,11H2,1-3H3,(H,19,20)/t13-/m0/s1. The molecule has 4 heteroatoms. The van der Waals surface area contributed by atoms with Crippen LogP contribution in [0.4, 0.5) is 5.69 Å². The molecule has 2 aromatic rings. The van der Waals surface area contributed by atoms with Crippen molar-refractivity contribution in [2.45, 2.75) is 19.3 Å². The Labute approximate surface area is 131 Å². The predicted octanol–water partition coefficient (Wildman–Crippen LogP) is 3.84. The molecule has 4 nitrogen and oxygen atoms in total. The van der Waals surface area contributed by atoms with Crippen molar-refractivity contribution in [2.75, 3.05) is 19.5 Å². The van der Waals surface area contributed by atoms with Crippen molar-refractivity contribution in [3.63, 3.8) is 0 Å². The van der Waals surface area contributed by atoms with Gasteiger partial charge in [-0.1, -0.05) is 37.3 Å². The minimum atomic E-state index is -0.0245. The first-order valence-corrected chi connectivity index (χ1v) is 7.21. The fourth-order valence-corrected chi connectivity index (χ4v) is 2.30. The minimum Gasteiger partial charge on any atom is -0.493 e. The molecule has 1 atom stereocenters. The van der Waals surface area contributed by atoms with Crippen molar-refractivity contribution in [1.82, 2.24) is 0 Å². The molecule has 0 fully saturated rings. The highest BCUT2D eigenvalue weighted by Gasteiger charge is 2.12. The molecule has 2 aromatic carbocycles. The number of hydrogen-bond acceptors (Lipinski definition) is 3. The van der Waals surface area contributed by atoms with Gasteiger partial charge in [0.15, 0.2) is 11.5 Å². The van der Waals surface area contributed by atoms with Crippen molar-refractivity contribution in [1.29, 1.82) is 0 Å². The molecule has 1 amide bonds. The molecule has 0 aliphatic carbocycles. The molecule has 0 spiro atoms. The lowest BCUT2D eigenvalue weighted by molar-refractivity contribution is -0.116. The van der Waals surface area contributed by atoms with Gasteiger partial charge in [0, 0.05) is 18.2 Å². The largest absolute Gasteiger partial charge is 0.493 e. The van der Waals surface area contributed by atoms with E-state index in [1.807, 2.05) is 37.3 Å². The third kappa shape index (κ3) is 4.01. The predicted molar refractivity (Wildman–Crippen MR) is 87.6 cm³/mol. The van der Waals surface area contributed by atoms with E-state index in [4.69, 9.17) is 9.47 Å². The molecule has 0 aromatic heterocycles. The summed E-state index contributed by atoms with van der Waals surface area (Å²) in [5.74, 6) is 1.37. The Kier molecular flexibility index (Phi) is 5.42. The molecule has 116 valence electrons. The zero-order valence-electron chi connectivity index (χ0n) is 13.1. The summed E-state index contributed by atoms with van der Waals surface area (Å²) in [7, 11) is 3.15. The number of carbonyl (C=O) groups is 1. The lowest BCUT2D eigenvalue weighted by atomic mass is 9.97. The van der Waals surface area contributed by atoms with E-state index in [2.05, 4.69) is 5.32 Å². The topological polar surface area (TPSA) is 47.6 Å². The van der Waals surface area contributed by atoms with Crippen LogP contribution < -0.4 is 14.8 Å². The van der Waals surface area contributed by atoms with Crippen molar-refractivity contribution in [3.8, 4) is 11.5 Å². The highest BCUT2D eigenvalue weighted by atomic mass is 16.5. The monoisotopic (exact) mass is 299 g/mol. The van der Waals surface area contributed by atoms with Gasteiger partial charge in [0.05, 0.1) is 14.2 Å². The molecule has 0 aliphatic rings. The summed E-state index contributed by atoms with van der Waals surface area (Å²) in [6, 6.07) is 15.3. The highest BCUT2D eigenvalue weighted by molar-refractivity contribution is 5.91. The number of methoxy groups -OCH3 is 2. The summed E-state index contributed by atoms with van der Waals surface area (Å²) in [6.45, 7) is 2.05. The molecule has 22 heavy (non-hydrogen) atoms. The first kappa shape index (κ1) is 15.9. The van der Waals surface area contributed by atoms with Crippen LogP contribution >= 0.6 is 0 Å². The summed E-state index contributed by atoms with van der Waals surface area (Å²) in [6.07, 6.45) is 0.429. The van der Waals surface area contributed by atoms with Gasteiger partial charge >= 0.3 is 0 Å². The molecule has 0 aliphatic heterocycles. The zero-order valence-corrected chi connectivity index (χ0v) is 13.1. The lowest BCUT2D eigenvalue weighted by Gasteiger charge is -2.13. The van der Waals surface area contributed by atoms with Crippen molar-refractivity contribution < 1.29 is 14.3 Å². The smallest absolute Gasteiger partial charge is 0.224 e. The van der Waals surface area contributed by atoms with Crippen LogP contribution in [-0.4, -0.2) is 20.1 Å². The third-order valence-electron chi connectivity index (χ3n) is 3.53. The normalized spacial score (nSPS) is 11.6. The van der Waals surface area contributed by atoms with Gasteiger partial charge in [0.2, 0.25) is 5.91 Å². The van der Waals surface area contributed by atoms with Gasteiger partial charge in [-0.3, -0.25) is 4.79 Å². The molecular weight excluding hydrogens is 278 g/mol. The summed E-state index contributed by atoms with van der Waals surface area (Å²) in [5, 5.41) is 2.89. The first-order valence-electron chi connectivity index (χ1n) is 7.21. The fourth-order valence-electron chi connectivity index (χ4n) is 2.30. The molecule has 0 saturated heterocycles. The van der Waals surface area contributed by atoms with Crippen molar-refractivity contribution in [3.05, 3.63) is 54.1 Å². The first-order chi connectivity index (χ1) is 10.6. The summed E-state index contributed by atoms with van der Waals surface area (Å²) < 4.78 is 10.4. The van der Waals surface area contributed by atoms with E-state index in [9.17, 15) is 4.79 Å². The van der Waals surface area contributed by atoms with Crippen LogP contribution in [-0.2, 0) is 4.79 Å². The maximum atomic E-state index is 12.2. The van der Waals surface area contributed by atoms with Gasteiger partial charge in [0.1, 0.15) is 0 Å². The van der Waals surface area contributed by atoms with Crippen LogP contribution in [0.3, 0.4) is 0 Å². The van der Waals surface area contributed by atoms with Crippen molar-refractivity contribution in [2.24, 2.45) is 0 Å². The molecule has 0 unspecified atom stereocenters. The Morgan fingerprint density at radius 2 is 1.73 bits per heavy atom. The molecule has 2 rings (SSSR count). The SMILES string of the molecule is COc1ccc(NC(=O)C[C@H](C)c2ccccc2)cc1OC. The fraction of sp³-hybridized carbons (Fsp3) is 0.278. The van der Waals surface area contributed by atoms with Gasteiger partial charge < -0.3 is 14.8 Å². The molecule has 0 radical (unpaired) electrons. The Balaban J connectivity index is 2.00. The van der Waals surface area contributed by atoms with Crippen LogP contribution in [0.15, 0.2) is 48.5 Å². The number of ether oxygens (including phenoxy) is 2. The highest BCUT2D eigenvalue weighted by Crippen LogP contribution is 2.30. The van der Waals surface area contributed by atoms with Gasteiger partial charge in [0.25, 0.3) is 0 Å². The van der Waals surface area contributed by atoms with E-state index in [-0.39, 0.29) is 11.8 Å². The Bertz CT molecular complexity index is 625. The number of rotatable bonds is 6. The maximum Gasteiger partial charge on any atom is 0.224 e. The van der Waals surface area contributed by atoms with E-state index in [0.717, 1.165) is 5.56 Å². The van der Waals surface area contributed by atoms with Gasteiger partial charge in [-0.05, 0) is 23.6 Å².